The Morgan fingerprint density at radius 1 is 1.06 bits per heavy atom. The maximum atomic E-state index is 12.8. The Labute approximate surface area is 199 Å². The summed E-state index contributed by atoms with van der Waals surface area (Å²) in [4.78, 5) is 19.7. The highest BCUT2D eigenvalue weighted by atomic mass is 16.3. The van der Waals surface area contributed by atoms with Crippen molar-refractivity contribution in [1.82, 2.24) is 20.1 Å². The molecule has 8 nitrogen and oxygen atoms in total. The van der Waals surface area contributed by atoms with Gasteiger partial charge in [0.25, 0.3) is 5.91 Å². The van der Waals surface area contributed by atoms with Gasteiger partial charge in [0.05, 0.1) is 42.0 Å². The first-order chi connectivity index (χ1) is 16.7. The number of benzene rings is 1. The fraction of sp³-hybridized carbons (Fsp3) is 0.423. The van der Waals surface area contributed by atoms with Crippen LogP contribution in [0, 0.1) is 0 Å². The van der Waals surface area contributed by atoms with Crippen LogP contribution in [0.2, 0.25) is 0 Å². The second-order valence-electron chi connectivity index (χ2n) is 9.43. The lowest BCUT2D eigenvalue weighted by Crippen LogP contribution is -2.41. The van der Waals surface area contributed by atoms with Crippen molar-refractivity contribution in [2.24, 2.45) is 0 Å². The summed E-state index contributed by atoms with van der Waals surface area (Å²) in [6.45, 7) is 2.58. The number of aromatic nitrogens is 3. The van der Waals surface area contributed by atoms with Gasteiger partial charge in [-0.15, -0.1) is 0 Å². The predicted molar refractivity (Wildman–Crippen MR) is 131 cm³/mol. The molecular formula is C26H30N6O2. The fourth-order valence-corrected chi connectivity index (χ4v) is 5.65. The molecule has 8 heteroatoms. The summed E-state index contributed by atoms with van der Waals surface area (Å²) < 4.78 is 2.11. The number of pyridine rings is 1. The first kappa shape index (κ1) is 21.2. The van der Waals surface area contributed by atoms with E-state index in [-0.39, 0.29) is 18.6 Å². The van der Waals surface area contributed by atoms with Crippen LogP contribution in [-0.2, 0) is 19.5 Å². The molecule has 6 rings (SSSR count). The first-order valence-corrected chi connectivity index (χ1v) is 12.3. The topological polar surface area (TPSA) is 95.3 Å². The molecule has 0 bridgehead atoms. The highest BCUT2D eigenvalue weighted by Crippen LogP contribution is 2.37. The maximum absolute atomic E-state index is 12.8. The van der Waals surface area contributed by atoms with Gasteiger partial charge < -0.3 is 20.6 Å². The zero-order valence-electron chi connectivity index (χ0n) is 19.3. The summed E-state index contributed by atoms with van der Waals surface area (Å²) in [6, 6.07) is 8.22. The minimum absolute atomic E-state index is 0.0592. The van der Waals surface area contributed by atoms with Crippen LogP contribution >= 0.6 is 0 Å². The summed E-state index contributed by atoms with van der Waals surface area (Å²) in [6.07, 6.45) is 10.5. The molecule has 5 heterocycles. The number of piperidine rings is 1. The molecule has 34 heavy (non-hydrogen) atoms. The number of carbonyl (C=O) groups is 1. The molecule has 3 aliphatic rings. The second-order valence-corrected chi connectivity index (χ2v) is 9.43. The number of rotatable bonds is 5. The van der Waals surface area contributed by atoms with Crippen LogP contribution in [0.4, 0.5) is 17.2 Å². The third-order valence-corrected chi connectivity index (χ3v) is 7.42. The molecule has 176 valence electrons. The minimum atomic E-state index is -0.0592. The number of fused-ring (bicyclic) bond motifs is 2. The quantitative estimate of drug-likeness (QED) is 0.541. The molecular weight excluding hydrogens is 428 g/mol. The Kier molecular flexibility index (Phi) is 5.45. The molecule has 1 unspecified atom stereocenters. The molecule has 3 N–H and O–H groups in total. The SMILES string of the molecule is O=C1NCc2c(-c3cnn4c3CCCC4)ccc(Nc3ccc(N4CCCCC4CO)cn3)c21. The van der Waals surface area contributed by atoms with Gasteiger partial charge in [-0.2, -0.15) is 5.10 Å². The zero-order valence-corrected chi connectivity index (χ0v) is 19.3. The van der Waals surface area contributed by atoms with E-state index in [1.807, 2.05) is 30.6 Å². The summed E-state index contributed by atoms with van der Waals surface area (Å²) >= 11 is 0. The van der Waals surface area contributed by atoms with Gasteiger partial charge in [0, 0.05) is 30.9 Å². The number of anilines is 3. The summed E-state index contributed by atoms with van der Waals surface area (Å²) in [5.74, 6) is 0.634. The van der Waals surface area contributed by atoms with Crippen molar-refractivity contribution in [3.8, 4) is 11.1 Å². The van der Waals surface area contributed by atoms with E-state index < -0.39 is 0 Å². The molecule has 0 spiro atoms. The van der Waals surface area contributed by atoms with Gasteiger partial charge in [-0.25, -0.2) is 4.98 Å². The average molecular weight is 459 g/mol. The Hall–Kier alpha value is -3.39. The molecule has 1 fully saturated rings. The van der Waals surface area contributed by atoms with Gasteiger partial charge in [0.2, 0.25) is 0 Å². The summed E-state index contributed by atoms with van der Waals surface area (Å²) in [5.41, 5.74) is 6.99. The van der Waals surface area contributed by atoms with E-state index in [0.717, 1.165) is 66.8 Å². The molecule has 1 amide bonds. The second kappa shape index (κ2) is 8.76. The molecule has 1 aromatic carbocycles. The van der Waals surface area contributed by atoms with Crippen molar-refractivity contribution in [3.05, 3.63) is 53.5 Å². The van der Waals surface area contributed by atoms with Crippen LogP contribution in [-0.4, -0.2) is 45.0 Å². The number of hydrogen-bond acceptors (Lipinski definition) is 6. The third kappa shape index (κ3) is 3.62. The molecule has 0 saturated carbocycles. The van der Waals surface area contributed by atoms with Crippen LogP contribution in [0.3, 0.4) is 0 Å². The first-order valence-electron chi connectivity index (χ1n) is 12.3. The predicted octanol–water partition coefficient (Wildman–Crippen LogP) is 3.62. The number of aliphatic hydroxyl groups excluding tert-OH is 1. The normalized spacial score (nSPS) is 19.5. The van der Waals surface area contributed by atoms with Crippen molar-refractivity contribution in [2.75, 3.05) is 23.4 Å². The largest absolute Gasteiger partial charge is 0.394 e. The van der Waals surface area contributed by atoms with E-state index in [0.29, 0.717) is 17.9 Å². The average Bonchev–Trinajstić information content (AvgIpc) is 3.49. The van der Waals surface area contributed by atoms with Crippen molar-refractivity contribution in [1.29, 1.82) is 0 Å². The zero-order chi connectivity index (χ0) is 23.1. The highest BCUT2D eigenvalue weighted by molar-refractivity contribution is 6.06. The standard InChI is InChI=1S/C26H30N6O2/c33-16-18-5-1-3-11-31(18)17-7-10-24(27-13-17)30-22-9-8-19(21-14-28-26(34)25(21)22)20-15-29-32-12-4-2-6-23(20)32/h7-10,13,15,18,33H,1-6,11-12,14,16H2,(H,27,30)(H,28,34). The van der Waals surface area contributed by atoms with Crippen LogP contribution < -0.4 is 15.5 Å². The molecule has 2 aromatic heterocycles. The van der Waals surface area contributed by atoms with Crippen LogP contribution in [0.25, 0.3) is 11.1 Å². The summed E-state index contributed by atoms with van der Waals surface area (Å²) in [7, 11) is 0. The number of hydrogen-bond donors (Lipinski definition) is 3. The number of nitrogens with one attached hydrogen (secondary N) is 2. The number of amides is 1. The maximum Gasteiger partial charge on any atom is 0.254 e. The van der Waals surface area contributed by atoms with E-state index >= 15 is 0 Å². The molecule has 3 aromatic rings. The van der Waals surface area contributed by atoms with Crippen LogP contribution in [0.5, 0.6) is 0 Å². The number of carbonyl (C=O) groups excluding carboxylic acids is 1. The van der Waals surface area contributed by atoms with Crippen LogP contribution in [0.15, 0.2) is 36.7 Å². The smallest absolute Gasteiger partial charge is 0.254 e. The third-order valence-electron chi connectivity index (χ3n) is 7.42. The van der Waals surface area contributed by atoms with Crippen molar-refractivity contribution in [3.63, 3.8) is 0 Å². The van der Waals surface area contributed by atoms with Crippen molar-refractivity contribution >= 4 is 23.1 Å². The molecule has 0 radical (unpaired) electrons. The monoisotopic (exact) mass is 458 g/mol. The lowest BCUT2D eigenvalue weighted by molar-refractivity contribution is 0.0966. The lowest BCUT2D eigenvalue weighted by Gasteiger charge is -2.36. The van der Waals surface area contributed by atoms with E-state index in [1.54, 1.807) is 0 Å². The number of aliphatic hydroxyl groups is 1. The minimum Gasteiger partial charge on any atom is -0.394 e. The van der Waals surface area contributed by atoms with Crippen LogP contribution in [0.1, 0.15) is 53.7 Å². The Morgan fingerprint density at radius 2 is 1.97 bits per heavy atom. The van der Waals surface area contributed by atoms with Gasteiger partial charge >= 0.3 is 0 Å². The van der Waals surface area contributed by atoms with E-state index in [9.17, 15) is 9.90 Å². The Balaban J connectivity index is 1.29. The fourth-order valence-electron chi connectivity index (χ4n) is 5.65. The molecule has 1 atom stereocenters. The van der Waals surface area contributed by atoms with E-state index in [1.165, 1.54) is 18.5 Å². The highest BCUT2D eigenvalue weighted by Gasteiger charge is 2.28. The molecule has 3 aliphatic heterocycles. The van der Waals surface area contributed by atoms with Crippen molar-refractivity contribution in [2.45, 2.75) is 57.7 Å². The van der Waals surface area contributed by atoms with E-state index in [2.05, 4.69) is 36.4 Å². The van der Waals surface area contributed by atoms with Gasteiger partial charge in [0.15, 0.2) is 0 Å². The molecule has 0 aliphatic carbocycles. The van der Waals surface area contributed by atoms with Gasteiger partial charge in [0.1, 0.15) is 5.82 Å². The lowest BCUT2D eigenvalue weighted by atomic mass is 9.94. The molecule has 1 saturated heterocycles. The summed E-state index contributed by atoms with van der Waals surface area (Å²) in [5, 5.41) is 20.7. The van der Waals surface area contributed by atoms with E-state index in [4.69, 9.17) is 0 Å². The van der Waals surface area contributed by atoms with Gasteiger partial charge in [-0.05, 0) is 67.9 Å². The number of nitrogens with zero attached hydrogens (tertiary/aromatic N) is 4. The van der Waals surface area contributed by atoms with Gasteiger partial charge in [-0.1, -0.05) is 6.07 Å². The number of aryl methyl sites for hydroxylation is 1. The Bertz CT molecular complexity index is 1220. The van der Waals surface area contributed by atoms with Gasteiger partial charge in [-0.3, -0.25) is 9.48 Å². The Morgan fingerprint density at radius 3 is 2.82 bits per heavy atom. The van der Waals surface area contributed by atoms with Crippen molar-refractivity contribution < 1.29 is 9.90 Å².